The summed E-state index contributed by atoms with van der Waals surface area (Å²) in [4.78, 5) is 25.1. The zero-order chi connectivity index (χ0) is 23.5. The number of hydrogen-bond acceptors (Lipinski definition) is 4. The highest BCUT2D eigenvalue weighted by Gasteiger charge is 2.23. The monoisotopic (exact) mass is 481 g/mol. The summed E-state index contributed by atoms with van der Waals surface area (Å²) in [6.07, 6.45) is 4.59. The Morgan fingerprint density at radius 1 is 1.03 bits per heavy atom. The van der Waals surface area contributed by atoms with E-state index >= 15 is 0 Å². The van der Waals surface area contributed by atoms with E-state index in [4.69, 9.17) is 11.6 Å². The van der Waals surface area contributed by atoms with Crippen molar-refractivity contribution in [2.45, 2.75) is 37.0 Å². The number of carbonyl (C=O) groups is 2. The normalized spacial score (nSPS) is 14.9. The number of sulfonamides is 1. The summed E-state index contributed by atoms with van der Waals surface area (Å²) in [7, 11) is -1.00. The molecule has 7 nitrogen and oxygen atoms in total. The first-order valence-corrected chi connectivity index (χ1v) is 12.0. The van der Waals surface area contributed by atoms with Crippen molar-refractivity contribution in [1.29, 1.82) is 0 Å². The van der Waals surface area contributed by atoms with E-state index in [1.54, 1.807) is 0 Å². The molecule has 1 fully saturated rings. The number of nitrogens with zero attached hydrogens (tertiary/aromatic N) is 1. The van der Waals surface area contributed by atoms with Crippen LogP contribution in [0.5, 0.6) is 0 Å². The van der Waals surface area contributed by atoms with Crippen molar-refractivity contribution in [3.63, 3.8) is 0 Å². The van der Waals surface area contributed by atoms with Gasteiger partial charge in [0.2, 0.25) is 15.9 Å². The van der Waals surface area contributed by atoms with Crippen LogP contribution in [0.2, 0.25) is 5.02 Å². The fourth-order valence-corrected chi connectivity index (χ4v) is 4.68. The van der Waals surface area contributed by atoms with Crippen LogP contribution in [0.4, 0.5) is 15.8 Å². The van der Waals surface area contributed by atoms with Gasteiger partial charge in [0.1, 0.15) is 5.82 Å². The van der Waals surface area contributed by atoms with Gasteiger partial charge in [-0.05, 0) is 49.2 Å². The summed E-state index contributed by atoms with van der Waals surface area (Å²) in [6, 6.07) is 7.63. The van der Waals surface area contributed by atoms with E-state index in [-0.39, 0.29) is 38.7 Å². The maximum absolute atomic E-state index is 14.3. The lowest BCUT2D eigenvalue weighted by molar-refractivity contribution is -0.120. The molecule has 1 saturated carbocycles. The first-order chi connectivity index (χ1) is 15.1. The molecule has 1 aliphatic carbocycles. The number of halogens is 2. The minimum absolute atomic E-state index is 0.0339. The van der Waals surface area contributed by atoms with Gasteiger partial charge in [-0.1, -0.05) is 30.9 Å². The van der Waals surface area contributed by atoms with Crippen LogP contribution < -0.4 is 10.6 Å². The number of carbonyl (C=O) groups excluding carboxylic acids is 2. The fraction of sp³-hybridized carbons (Fsp3) is 0.364. The molecule has 0 atom stereocenters. The summed E-state index contributed by atoms with van der Waals surface area (Å²) in [5.41, 5.74) is 0.146. The number of nitrogens with one attached hydrogen (secondary N) is 2. The highest BCUT2D eigenvalue weighted by Crippen LogP contribution is 2.28. The molecule has 32 heavy (non-hydrogen) atoms. The van der Waals surface area contributed by atoms with Gasteiger partial charge in [0.15, 0.2) is 0 Å². The number of anilines is 2. The van der Waals surface area contributed by atoms with Crippen molar-refractivity contribution >= 4 is 44.8 Å². The average Bonchev–Trinajstić information content (AvgIpc) is 2.76. The molecule has 172 valence electrons. The lowest BCUT2D eigenvalue weighted by Crippen LogP contribution is -2.25. The van der Waals surface area contributed by atoms with E-state index in [0.29, 0.717) is 0 Å². The molecule has 0 bridgehead atoms. The molecule has 2 aromatic carbocycles. The van der Waals surface area contributed by atoms with Gasteiger partial charge in [0.25, 0.3) is 5.91 Å². The smallest absolute Gasteiger partial charge is 0.257 e. The van der Waals surface area contributed by atoms with Crippen LogP contribution in [0.15, 0.2) is 41.3 Å². The minimum atomic E-state index is -3.76. The van der Waals surface area contributed by atoms with E-state index in [0.717, 1.165) is 42.5 Å². The van der Waals surface area contributed by atoms with Crippen LogP contribution in [0.1, 0.15) is 42.5 Å². The van der Waals surface area contributed by atoms with E-state index in [2.05, 4.69) is 10.6 Å². The quantitative estimate of drug-likeness (QED) is 0.635. The van der Waals surface area contributed by atoms with E-state index < -0.39 is 21.7 Å². The zero-order valence-corrected chi connectivity index (χ0v) is 19.4. The predicted molar refractivity (Wildman–Crippen MR) is 122 cm³/mol. The predicted octanol–water partition coefficient (Wildman–Crippen LogP) is 4.50. The molecule has 2 aromatic rings. The standard InChI is InChI=1S/C22H25ClFN3O4S/c1-27(2)32(30,31)16-9-10-18(23)17(13-16)22(29)25-15-8-11-19(24)20(12-15)26-21(28)14-6-4-3-5-7-14/h8-14H,3-7H2,1-2H3,(H,25,29)(H,26,28). The SMILES string of the molecule is CN(C)S(=O)(=O)c1ccc(Cl)c(C(=O)Nc2ccc(F)c(NC(=O)C3CCCCC3)c2)c1. The summed E-state index contributed by atoms with van der Waals surface area (Å²) in [5, 5.41) is 5.25. The highest BCUT2D eigenvalue weighted by atomic mass is 35.5. The van der Waals surface area contributed by atoms with Crippen molar-refractivity contribution in [1.82, 2.24) is 4.31 Å². The molecule has 0 aromatic heterocycles. The lowest BCUT2D eigenvalue weighted by atomic mass is 9.88. The largest absolute Gasteiger partial charge is 0.323 e. The summed E-state index contributed by atoms with van der Waals surface area (Å²) in [5.74, 6) is -1.68. The minimum Gasteiger partial charge on any atom is -0.323 e. The fourth-order valence-electron chi connectivity index (χ4n) is 3.55. The molecule has 2 amide bonds. The third-order valence-electron chi connectivity index (χ3n) is 5.42. The summed E-state index contributed by atoms with van der Waals surface area (Å²) < 4.78 is 40.0. The second-order valence-corrected chi connectivity index (χ2v) is 10.5. The third-order valence-corrected chi connectivity index (χ3v) is 7.56. The van der Waals surface area contributed by atoms with E-state index in [9.17, 15) is 22.4 Å². The van der Waals surface area contributed by atoms with Crippen molar-refractivity contribution in [3.8, 4) is 0 Å². The maximum atomic E-state index is 14.3. The highest BCUT2D eigenvalue weighted by molar-refractivity contribution is 7.89. The Balaban J connectivity index is 1.80. The van der Waals surface area contributed by atoms with Gasteiger partial charge >= 0.3 is 0 Å². The van der Waals surface area contributed by atoms with Crippen LogP contribution in [0.25, 0.3) is 0 Å². The Kier molecular flexibility index (Phi) is 7.53. The molecular weight excluding hydrogens is 457 g/mol. The number of rotatable bonds is 6. The first-order valence-electron chi connectivity index (χ1n) is 10.2. The molecule has 2 N–H and O–H groups in total. The van der Waals surface area contributed by atoms with E-state index in [1.807, 2.05) is 0 Å². The lowest BCUT2D eigenvalue weighted by Gasteiger charge is -2.21. The van der Waals surface area contributed by atoms with Crippen molar-refractivity contribution < 1.29 is 22.4 Å². The Hall–Kier alpha value is -2.49. The van der Waals surface area contributed by atoms with Crippen molar-refractivity contribution in [2.24, 2.45) is 5.92 Å². The Morgan fingerprint density at radius 2 is 1.72 bits per heavy atom. The van der Waals surface area contributed by atoms with Crippen LogP contribution in [0.3, 0.4) is 0 Å². The van der Waals surface area contributed by atoms with Gasteiger partial charge < -0.3 is 10.6 Å². The van der Waals surface area contributed by atoms with Crippen LogP contribution in [-0.4, -0.2) is 38.6 Å². The molecule has 0 spiro atoms. The molecule has 3 rings (SSSR count). The van der Waals surface area contributed by atoms with Gasteiger partial charge in [-0.3, -0.25) is 9.59 Å². The average molecular weight is 482 g/mol. The molecule has 0 aliphatic heterocycles. The molecule has 1 aliphatic rings. The van der Waals surface area contributed by atoms with Gasteiger partial charge in [-0.2, -0.15) is 0 Å². The Labute approximate surface area is 192 Å². The molecule has 0 radical (unpaired) electrons. The second-order valence-electron chi connectivity index (χ2n) is 7.90. The topological polar surface area (TPSA) is 95.6 Å². The molecule has 0 unspecified atom stereocenters. The van der Waals surface area contributed by atoms with Crippen LogP contribution in [-0.2, 0) is 14.8 Å². The number of benzene rings is 2. The first kappa shape index (κ1) is 24.2. The van der Waals surface area contributed by atoms with E-state index in [1.165, 1.54) is 44.4 Å². The van der Waals surface area contributed by atoms with Gasteiger partial charge in [-0.15, -0.1) is 0 Å². The molecule has 0 saturated heterocycles. The molecule has 10 heteroatoms. The molecule has 0 heterocycles. The summed E-state index contributed by atoms with van der Waals surface area (Å²) in [6.45, 7) is 0. The molecular formula is C22H25ClFN3O4S. The number of amides is 2. The Bertz CT molecular complexity index is 1130. The third kappa shape index (κ3) is 5.46. The Morgan fingerprint density at radius 3 is 2.38 bits per heavy atom. The summed E-state index contributed by atoms with van der Waals surface area (Å²) >= 11 is 6.11. The van der Waals surface area contributed by atoms with Gasteiger partial charge in [0.05, 0.1) is 21.2 Å². The maximum Gasteiger partial charge on any atom is 0.257 e. The number of hydrogen-bond donors (Lipinski definition) is 2. The zero-order valence-electron chi connectivity index (χ0n) is 17.8. The van der Waals surface area contributed by atoms with Crippen molar-refractivity contribution in [3.05, 3.63) is 52.8 Å². The van der Waals surface area contributed by atoms with Gasteiger partial charge in [-0.25, -0.2) is 17.1 Å². The van der Waals surface area contributed by atoms with Crippen LogP contribution in [0, 0.1) is 11.7 Å². The van der Waals surface area contributed by atoms with Gasteiger partial charge in [0, 0.05) is 25.7 Å². The van der Waals surface area contributed by atoms with Crippen molar-refractivity contribution in [2.75, 3.05) is 24.7 Å². The second kappa shape index (κ2) is 9.97. The van der Waals surface area contributed by atoms with Crippen LogP contribution >= 0.6 is 11.6 Å².